The summed E-state index contributed by atoms with van der Waals surface area (Å²) in [4.78, 5) is 41.5. The molecule has 4 amide bonds. The number of nitrogens with zero attached hydrogens (tertiary/aromatic N) is 2. The Labute approximate surface area is 168 Å². The molecule has 150 valence electrons. The summed E-state index contributed by atoms with van der Waals surface area (Å²) >= 11 is 0. The molecule has 2 atom stereocenters. The van der Waals surface area contributed by atoms with Crippen LogP contribution in [0.15, 0.2) is 48.5 Å². The van der Waals surface area contributed by atoms with Gasteiger partial charge in [0.05, 0.1) is 0 Å². The van der Waals surface area contributed by atoms with Gasteiger partial charge in [-0.1, -0.05) is 37.3 Å². The molecule has 7 heteroatoms. The number of anilines is 1. The van der Waals surface area contributed by atoms with Gasteiger partial charge in [-0.25, -0.2) is 9.18 Å². The summed E-state index contributed by atoms with van der Waals surface area (Å²) in [7, 11) is 0. The molecular weight excluding hydrogens is 373 g/mol. The number of urea groups is 1. The highest BCUT2D eigenvalue weighted by Gasteiger charge is 2.52. The molecule has 1 fully saturated rings. The number of carbonyl (C=O) groups excluding carboxylic acids is 3. The molecule has 0 radical (unpaired) electrons. The molecule has 0 aliphatic carbocycles. The van der Waals surface area contributed by atoms with E-state index < -0.39 is 23.3 Å². The molecule has 4 rings (SSSR count). The molecule has 2 aromatic rings. The highest BCUT2D eigenvalue weighted by molar-refractivity contribution is 6.11. The molecule has 0 unspecified atom stereocenters. The number of rotatable bonds is 4. The SMILES string of the molecule is CC[C@]1(c2ccc(F)cc2)NC(=O)N(CC(=O)N2c3ccccc3C[C@@H]2C)C1=O. The van der Waals surface area contributed by atoms with E-state index in [1.165, 1.54) is 24.3 Å². The second-order valence-electron chi connectivity index (χ2n) is 7.53. The van der Waals surface area contributed by atoms with Gasteiger partial charge in [0.1, 0.15) is 17.9 Å². The lowest BCUT2D eigenvalue weighted by Crippen LogP contribution is -2.46. The van der Waals surface area contributed by atoms with Crippen molar-refractivity contribution in [1.82, 2.24) is 10.2 Å². The number of fused-ring (bicyclic) bond motifs is 1. The number of imide groups is 1. The van der Waals surface area contributed by atoms with Crippen LogP contribution in [0, 0.1) is 5.82 Å². The molecule has 0 spiro atoms. The van der Waals surface area contributed by atoms with E-state index in [1.807, 2.05) is 31.2 Å². The largest absolute Gasteiger partial charge is 0.325 e. The van der Waals surface area contributed by atoms with Crippen molar-refractivity contribution in [3.05, 3.63) is 65.5 Å². The van der Waals surface area contributed by atoms with E-state index in [0.29, 0.717) is 5.56 Å². The summed E-state index contributed by atoms with van der Waals surface area (Å²) in [6.45, 7) is 3.37. The second-order valence-corrected chi connectivity index (χ2v) is 7.53. The van der Waals surface area contributed by atoms with Crippen LogP contribution in [0.25, 0.3) is 0 Å². The van der Waals surface area contributed by atoms with E-state index in [1.54, 1.807) is 11.8 Å². The Balaban J connectivity index is 1.60. The number of nitrogens with one attached hydrogen (secondary N) is 1. The van der Waals surface area contributed by atoms with Gasteiger partial charge in [0.2, 0.25) is 5.91 Å². The fourth-order valence-electron chi connectivity index (χ4n) is 4.30. The van der Waals surface area contributed by atoms with Crippen LogP contribution < -0.4 is 10.2 Å². The predicted octanol–water partition coefficient (Wildman–Crippen LogP) is 2.96. The normalized spacial score (nSPS) is 23.3. The van der Waals surface area contributed by atoms with Crippen molar-refractivity contribution in [2.75, 3.05) is 11.4 Å². The van der Waals surface area contributed by atoms with E-state index in [4.69, 9.17) is 0 Å². The van der Waals surface area contributed by atoms with Gasteiger partial charge >= 0.3 is 6.03 Å². The zero-order chi connectivity index (χ0) is 20.8. The molecular formula is C22H22FN3O3. The van der Waals surface area contributed by atoms with Crippen molar-refractivity contribution in [1.29, 1.82) is 0 Å². The Morgan fingerprint density at radius 3 is 2.55 bits per heavy atom. The van der Waals surface area contributed by atoms with E-state index in [-0.39, 0.29) is 24.9 Å². The molecule has 1 saturated heterocycles. The van der Waals surface area contributed by atoms with Gasteiger partial charge in [0, 0.05) is 11.7 Å². The third-order valence-electron chi connectivity index (χ3n) is 5.81. The van der Waals surface area contributed by atoms with E-state index >= 15 is 0 Å². The molecule has 2 heterocycles. The van der Waals surface area contributed by atoms with Gasteiger partial charge in [-0.05, 0) is 49.1 Å². The van der Waals surface area contributed by atoms with E-state index in [2.05, 4.69) is 5.32 Å². The molecule has 1 N–H and O–H groups in total. The number of carbonyl (C=O) groups is 3. The quantitative estimate of drug-likeness (QED) is 0.810. The second kappa shape index (κ2) is 6.99. The van der Waals surface area contributed by atoms with Crippen LogP contribution in [-0.2, 0) is 21.5 Å². The van der Waals surface area contributed by atoms with Crippen molar-refractivity contribution in [2.24, 2.45) is 0 Å². The van der Waals surface area contributed by atoms with Crippen LogP contribution >= 0.6 is 0 Å². The first-order valence-electron chi connectivity index (χ1n) is 9.67. The summed E-state index contributed by atoms with van der Waals surface area (Å²) in [5.41, 5.74) is 1.09. The first kappa shape index (κ1) is 19.1. The standard InChI is InChI=1S/C22H22FN3O3/c1-3-22(16-8-10-17(23)11-9-16)20(28)25(21(29)24-22)13-19(27)26-14(2)12-15-6-4-5-7-18(15)26/h4-11,14H,3,12-13H2,1-2H3,(H,24,29)/t14-,22+/m0/s1. The van der Waals surface area contributed by atoms with Gasteiger partial charge in [0.25, 0.3) is 5.91 Å². The number of amides is 4. The summed E-state index contributed by atoms with van der Waals surface area (Å²) < 4.78 is 13.3. The molecule has 0 saturated carbocycles. The zero-order valence-electron chi connectivity index (χ0n) is 16.3. The van der Waals surface area contributed by atoms with Crippen molar-refractivity contribution in [3.63, 3.8) is 0 Å². The fourth-order valence-corrected chi connectivity index (χ4v) is 4.30. The minimum absolute atomic E-state index is 0.0475. The number of hydrogen-bond donors (Lipinski definition) is 1. The minimum Gasteiger partial charge on any atom is -0.319 e. The Hall–Kier alpha value is -3.22. The van der Waals surface area contributed by atoms with Gasteiger partial charge in [-0.2, -0.15) is 0 Å². The topological polar surface area (TPSA) is 69.7 Å². The van der Waals surface area contributed by atoms with Gasteiger partial charge < -0.3 is 10.2 Å². The summed E-state index contributed by atoms with van der Waals surface area (Å²) in [6, 6.07) is 12.5. The lowest BCUT2D eigenvalue weighted by atomic mass is 9.87. The van der Waals surface area contributed by atoms with Gasteiger partial charge in [0.15, 0.2) is 0 Å². The van der Waals surface area contributed by atoms with Crippen molar-refractivity contribution >= 4 is 23.5 Å². The molecule has 2 aliphatic heterocycles. The Morgan fingerprint density at radius 2 is 1.86 bits per heavy atom. The average Bonchev–Trinajstić information content (AvgIpc) is 3.17. The fraction of sp³-hybridized carbons (Fsp3) is 0.318. The number of halogens is 1. The Kier molecular flexibility index (Phi) is 4.61. The average molecular weight is 395 g/mol. The van der Waals surface area contributed by atoms with Crippen molar-refractivity contribution in [3.8, 4) is 0 Å². The molecule has 0 aromatic heterocycles. The number of para-hydroxylation sites is 1. The maximum Gasteiger partial charge on any atom is 0.325 e. The number of benzene rings is 2. The van der Waals surface area contributed by atoms with Crippen LogP contribution in [0.4, 0.5) is 14.9 Å². The Bertz CT molecular complexity index is 991. The lowest BCUT2D eigenvalue weighted by Gasteiger charge is -2.27. The zero-order valence-corrected chi connectivity index (χ0v) is 16.3. The molecule has 6 nitrogen and oxygen atoms in total. The summed E-state index contributed by atoms with van der Waals surface area (Å²) in [6.07, 6.45) is 1.02. The Morgan fingerprint density at radius 1 is 1.17 bits per heavy atom. The van der Waals surface area contributed by atoms with Crippen LogP contribution in [0.3, 0.4) is 0 Å². The third-order valence-corrected chi connectivity index (χ3v) is 5.81. The van der Waals surface area contributed by atoms with Crippen LogP contribution in [-0.4, -0.2) is 35.3 Å². The third kappa shape index (κ3) is 2.97. The van der Waals surface area contributed by atoms with Crippen LogP contribution in [0.5, 0.6) is 0 Å². The summed E-state index contributed by atoms with van der Waals surface area (Å²) in [5.74, 6) is -1.23. The van der Waals surface area contributed by atoms with Gasteiger partial charge in [-0.15, -0.1) is 0 Å². The van der Waals surface area contributed by atoms with Crippen LogP contribution in [0.1, 0.15) is 31.4 Å². The van der Waals surface area contributed by atoms with Crippen molar-refractivity contribution in [2.45, 2.75) is 38.3 Å². The predicted molar refractivity (Wildman–Crippen MR) is 106 cm³/mol. The summed E-state index contributed by atoms with van der Waals surface area (Å²) in [5, 5.41) is 2.72. The first-order chi connectivity index (χ1) is 13.9. The maximum absolute atomic E-state index is 13.3. The monoisotopic (exact) mass is 395 g/mol. The lowest BCUT2D eigenvalue weighted by molar-refractivity contribution is -0.134. The molecule has 2 aromatic carbocycles. The smallest absolute Gasteiger partial charge is 0.319 e. The number of hydrogen-bond acceptors (Lipinski definition) is 3. The highest BCUT2D eigenvalue weighted by Crippen LogP contribution is 2.34. The first-order valence-corrected chi connectivity index (χ1v) is 9.67. The van der Waals surface area contributed by atoms with Gasteiger partial charge in [-0.3, -0.25) is 14.5 Å². The van der Waals surface area contributed by atoms with Crippen molar-refractivity contribution < 1.29 is 18.8 Å². The van der Waals surface area contributed by atoms with E-state index in [0.717, 1.165) is 22.6 Å². The highest BCUT2D eigenvalue weighted by atomic mass is 19.1. The maximum atomic E-state index is 13.3. The van der Waals surface area contributed by atoms with Crippen LogP contribution in [0.2, 0.25) is 0 Å². The molecule has 0 bridgehead atoms. The molecule has 29 heavy (non-hydrogen) atoms. The molecule has 2 aliphatic rings. The minimum atomic E-state index is -1.29. The van der Waals surface area contributed by atoms with E-state index in [9.17, 15) is 18.8 Å².